The molecule has 9 heteroatoms. The molecule has 0 radical (unpaired) electrons. The highest BCUT2D eigenvalue weighted by molar-refractivity contribution is 8.01. The van der Waals surface area contributed by atoms with Gasteiger partial charge in [-0.15, -0.1) is 11.8 Å². The lowest BCUT2D eigenvalue weighted by atomic mass is 9.98. The molecule has 0 bridgehead atoms. The molecule has 1 amide bonds. The van der Waals surface area contributed by atoms with E-state index in [2.05, 4.69) is 10.1 Å². The average Bonchev–Trinajstić information content (AvgIpc) is 3.31. The summed E-state index contributed by atoms with van der Waals surface area (Å²) >= 11 is 3.15. The Morgan fingerprint density at radius 3 is 2.24 bits per heavy atom. The molecule has 0 spiro atoms. The molecule has 1 aliphatic rings. The van der Waals surface area contributed by atoms with Gasteiger partial charge in [0.05, 0.1) is 5.69 Å². The highest BCUT2D eigenvalue weighted by Gasteiger charge is 2.41. The van der Waals surface area contributed by atoms with Gasteiger partial charge in [-0.2, -0.15) is 5.10 Å². The molecule has 2 N–H and O–H groups in total. The second-order valence-corrected chi connectivity index (χ2v) is 9.16. The Bertz CT molecular complexity index is 941. The van der Waals surface area contributed by atoms with Crippen LogP contribution < -0.4 is 5.48 Å². The molecule has 1 fully saturated rings. The molecule has 0 atom stereocenters. The van der Waals surface area contributed by atoms with E-state index in [0.717, 1.165) is 20.4 Å². The van der Waals surface area contributed by atoms with E-state index in [1.807, 2.05) is 54.0 Å². The summed E-state index contributed by atoms with van der Waals surface area (Å²) in [6, 6.07) is 16.2. The molecule has 0 aliphatic carbocycles. The van der Waals surface area contributed by atoms with Gasteiger partial charge in [0, 0.05) is 27.9 Å². The first-order chi connectivity index (χ1) is 14.2. The predicted octanol–water partition coefficient (Wildman–Crippen LogP) is 3.57. The van der Waals surface area contributed by atoms with E-state index in [0.29, 0.717) is 26.1 Å². The summed E-state index contributed by atoms with van der Waals surface area (Å²) in [5.74, 6) is -0.364. The van der Waals surface area contributed by atoms with Crippen LogP contribution in [0.15, 0.2) is 75.9 Å². The van der Waals surface area contributed by atoms with Crippen molar-refractivity contribution in [3.8, 4) is 5.69 Å². The van der Waals surface area contributed by atoms with Crippen molar-refractivity contribution in [2.75, 3.05) is 13.2 Å². The Balaban J connectivity index is 1.43. The zero-order chi connectivity index (χ0) is 20.1. The maximum atomic E-state index is 12.3. The Morgan fingerprint density at radius 1 is 1.03 bits per heavy atom. The Labute approximate surface area is 176 Å². The number of hydroxylamine groups is 1. The van der Waals surface area contributed by atoms with E-state index in [1.54, 1.807) is 22.8 Å². The number of aromatic nitrogens is 3. The third-order valence-electron chi connectivity index (χ3n) is 4.71. The van der Waals surface area contributed by atoms with Crippen LogP contribution in [0.5, 0.6) is 0 Å². The number of nitrogens with zero attached hydrogens (tertiary/aromatic N) is 3. The fourth-order valence-corrected chi connectivity index (χ4v) is 5.17. The molecule has 2 heterocycles. The SMILES string of the molecule is O=C(NO)C1(Sc2ccc(Sc3ccc(-n4cncn4)cc3)cc2)CCOCC1. The fraction of sp³-hybridized carbons (Fsp3) is 0.250. The first kappa shape index (κ1) is 20.0. The lowest BCUT2D eigenvalue weighted by Gasteiger charge is -2.34. The number of thioether (sulfide) groups is 1. The van der Waals surface area contributed by atoms with Crippen LogP contribution in [-0.2, 0) is 9.53 Å². The third kappa shape index (κ3) is 4.64. The second-order valence-electron chi connectivity index (χ2n) is 6.56. The smallest absolute Gasteiger partial charge is 0.260 e. The summed E-state index contributed by atoms with van der Waals surface area (Å²) in [6.07, 6.45) is 4.31. The standard InChI is InChI=1S/C20H20N4O3S2/c25-19(23-26)20(9-11-27-12-10-20)29-18-7-5-17(6-8-18)28-16-3-1-15(2-4-16)24-14-21-13-22-24/h1-8,13-14,26H,9-12H2,(H,23,25). The number of carbonyl (C=O) groups is 1. The molecule has 1 aliphatic heterocycles. The number of hydrogen-bond donors (Lipinski definition) is 2. The van der Waals surface area contributed by atoms with Crippen LogP contribution in [0.2, 0.25) is 0 Å². The summed E-state index contributed by atoms with van der Waals surface area (Å²) in [5, 5.41) is 13.3. The highest BCUT2D eigenvalue weighted by Crippen LogP contribution is 2.41. The zero-order valence-electron chi connectivity index (χ0n) is 15.5. The summed E-state index contributed by atoms with van der Waals surface area (Å²) in [5.41, 5.74) is 2.79. The minimum absolute atomic E-state index is 0.364. The van der Waals surface area contributed by atoms with Crippen LogP contribution in [-0.4, -0.2) is 43.8 Å². The second kappa shape index (κ2) is 9.00. The number of ether oxygens (including phenoxy) is 1. The first-order valence-electron chi connectivity index (χ1n) is 9.13. The minimum atomic E-state index is -0.696. The third-order valence-corrected chi connectivity index (χ3v) is 7.22. The Morgan fingerprint density at radius 2 is 1.66 bits per heavy atom. The minimum Gasteiger partial charge on any atom is -0.381 e. The van der Waals surface area contributed by atoms with Crippen molar-refractivity contribution in [2.24, 2.45) is 0 Å². The van der Waals surface area contributed by atoms with Gasteiger partial charge in [0.15, 0.2) is 0 Å². The van der Waals surface area contributed by atoms with Crippen molar-refractivity contribution >= 4 is 29.4 Å². The van der Waals surface area contributed by atoms with Gasteiger partial charge in [0.1, 0.15) is 17.4 Å². The van der Waals surface area contributed by atoms with Crippen LogP contribution in [0.3, 0.4) is 0 Å². The van der Waals surface area contributed by atoms with E-state index >= 15 is 0 Å². The van der Waals surface area contributed by atoms with Crippen LogP contribution in [0, 0.1) is 0 Å². The fourth-order valence-electron chi connectivity index (χ4n) is 3.12. The predicted molar refractivity (Wildman–Crippen MR) is 110 cm³/mol. The van der Waals surface area contributed by atoms with Crippen LogP contribution in [0.1, 0.15) is 12.8 Å². The van der Waals surface area contributed by atoms with Gasteiger partial charge >= 0.3 is 0 Å². The van der Waals surface area contributed by atoms with Gasteiger partial charge in [-0.25, -0.2) is 15.1 Å². The monoisotopic (exact) mass is 428 g/mol. The molecule has 1 aromatic heterocycles. The van der Waals surface area contributed by atoms with Crippen molar-refractivity contribution in [3.05, 3.63) is 61.2 Å². The normalized spacial score (nSPS) is 15.8. The maximum absolute atomic E-state index is 12.3. The van der Waals surface area contributed by atoms with E-state index in [9.17, 15) is 4.79 Å². The molecule has 2 aromatic carbocycles. The summed E-state index contributed by atoms with van der Waals surface area (Å²) in [6.45, 7) is 1.03. The molecule has 29 heavy (non-hydrogen) atoms. The zero-order valence-corrected chi connectivity index (χ0v) is 17.2. The van der Waals surface area contributed by atoms with Gasteiger partial charge in [0.2, 0.25) is 0 Å². The van der Waals surface area contributed by atoms with Gasteiger partial charge in [-0.1, -0.05) is 11.8 Å². The summed E-state index contributed by atoms with van der Waals surface area (Å²) in [7, 11) is 0. The van der Waals surface area contributed by atoms with Gasteiger partial charge in [-0.05, 0) is 61.4 Å². The van der Waals surface area contributed by atoms with Crippen molar-refractivity contribution in [1.29, 1.82) is 0 Å². The summed E-state index contributed by atoms with van der Waals surface area (Å²) < 4.78 is 6.41. The summed E-state index contributed by atoms with van der Waals surface area (Å²) in [4.78, 5) is 19.4. The van der Waals surface area contributed by atoms with Gasteiger partial charge < -0.3 is 4.74 Å². The first-order valence-corrected chi connectivity index (χ1v) is 10.8. The van der Waals surface area contributed by atoms with Crippen molar-refractivity contribution in [3.63, 3.8) is 0 Å². The lowest BCUT2D eigenvalue weighted by Crippen LogP contribution is -2.46. The van der Waals surface area contributed by atoms with Crippen molar-refractivity contribution < 1.29 is 14.7 Å². The van der Waals surface area contributed by atoms with Gasteiger partial charge in [0.25, 0.3) is 5.91 Å². The number of carbonyl (C=O) groups excluding carboxylic acids is 1. The van der Waals surface area contributed by atoms with Crippen LogP contribution in [0.25, 0.3) is 5.69 Å². The van der Waals surface area contributed by atoms with E-state index in [4.69, 9.17) is 9.94 Å². The molecule has 1 saturated heterocycles. The Kier molecular flexibility index (Phi) is 6.19. The quantitative estimate of drug-likeness (QED) is 0.458. The molecule has 3 aromatic rings. The van der Waals surface area contributed by atoms with Crippen LogP contribution in [0.4, 0.5) is 0 Å². The lowest BCUT2D eigenvalue weighted by molar-refractivity contribution is -0.134. The number of amides is 1. The maximum Gasteiger partial charge on any atom is 0.260 e. The van der Waals surface area contributed by atoms with Crippen molar-refractivity contribution in [1.82, 2.24) is 20.2 Å². The average molecular weight is 429 g/mol. The largest absolute Gasteiger partial charge is 0.381 e. The molecule has 150 valence electrons. The molecule has 0 unspecified atom stereocenters. The van der Waals surface area contributed by atoms with E-state index < -0.39 is 4.75 Å². The number of hydrogen-bond acceptors (Lipinski definition) is 7. The highest BCUT2D eigenvalue weighted by atomic mass is 32.2. The molecular weight excluding hydrogens is 408 g/mol. The van der Waals surface area contributed by atoms with Crippen molar-refractivity contribution in [2.45, 2.75) is 32.3 Å². The Hall–Kier alpha value is -2.33. The molecule has 0 saturated carbocycles. The topological polar surface area (TPSA) is 89.3 Å². The molecule has 7 nitrogen and oxygen atoms in total. The van der Waals surface area contributed by atoms with Gasteiger partial charge in [-0.3, -0.25) is 10.0 Å². The number of benzene rings is 2. The number of nitrogens with one attached hydrogen (secondary N) is 1. The van der Waals surface area contributed by atoms with Crippen LogP contribution >= 0.6 is 23.5 Å². The molecule has 4 rings (SSSR count). The molecular formula is C20H20N4O3S2. The number of rotatable bonds is 6. The van der Waals surface area contributed by atoms with E-state index in [1.165, 1.54) is 18.1 Å². The van der Waals surface area contributed by atoms with E-state index in [-0.39, 0.29) is 5.91 Å².